The molecule has 0 aliphatic carbocycles. The highest BCUT2D eigenvalue weighted by molar-refractivity contribution is 5.88. The van der Waals surface area contributed by atoms with E-state index in [0.29, 0.717) is 6.42 Å². The van der Waals surface area contributed by atoms with Crippen LogP contribution in [0.5, 0.6) is 0 Å². The molecule has 3 fully saturated rings. The second-order valence-electron chi connectivity index (χ2n) is 7.43. The topological polar surface area (TPSA) is 52.7 Å². The molecule has 3 rings (SSSR count). The van der Waals surface area contributed by atoms with Crippen LogP contribution >= 0.6 is 12.4 Å². The molecule has 0 aromatic rings. The molecule has 1 N–H and O–H groups in total. The molecule has 3 heterocycles. The van der Waals surface area contributed by atoms with Gasteiger partial charge in [-0.25, -0.2) is 0 Å². The minimum Gasteiger partial charge on any atom is -0.341 e. The monoisotopic (exact) mass is 357 g/mol. The lowest BCUT2D eigenvalue weighted by atomic mass is 9.92. The van der Waals surface area contributed by atoms with E-state index in [2.05, 4.69) is 10.2 Å². The average molecular weight is 358 g/mol. The lowest BCUT2D eigenvalue weighted by Crippen LogP contribution is -2.53. The zero-order valence-corrected chi connectivity index (χ0v) is 15.7. The van der Waals surface area contributed by atoms with E-state index >= 15 is 0 Å². The Bertz CT molecular complexity index is 432. The summed E-state index contributed by atoms with van der Waals surface area (Å²) < 4.78 is 0. The Hall–Kier alpha value is -0.810. The summed E-state index contributed by atoms with van der Waals surface area (Å²) in [6.07, 6.45) is 6.59. The molecule has 5 nitrogen and oxygen atoms in total. The zero-order valence-electron chi connectivity index (χ0n) is 14.8. The quantitative estimate of drug-likeness (QED) is 0.841. The van der Waals surface area contributed by atoms with Crippen LogP contribution in [0, 0.1) is 11.8 Å². The summed E-state index contributed by atoms with van der Waals surface area (Å²) in [5, 5.41) is 3.48. The molecule has 3 aliphatic heterocycles. The Morgan fingerprint density at radius 3 is 2.29 bits per heavy atom. The molecule has 0 aromatic heterocycles. The number of carbonyl (C=O) groups is 2. The smallest absolute Gasteiger partial charge is 0.245 e. The number of nitrogens with one attached hydrogen (secondary N) is 1. The van der Waals surface area contributed by atoms with Gasteiger partial charge in [-0.1, -0.05) is 6.92 Å². The number of rotatable bonds is 3. The number of hydrogen-bond donors (Lipinski definition) is 1. The molecule has 0 radical (unpaired) electrons. The number of piperidine rings is 1. The van der Waals surface area contributed by atoms with Gasteiger partial charge in [-0.3, -0.25) is 9.59 Å². The molecular weight excluding hydrogens is 326 g/mol. The molecule has 0 spiro atoms. The van der Waals surface area contributed by atoms with Gasteiger partial charge in [0.15, 0.2) is 0 Å². The molecule has 3 saturated heterocycles. The van der Waals surface area contributed by atoms with Crippen LogP contribution in [0.4, 0.5) is 0 Å². The molecule has 3 atom stereocenters. The van der Waals surface area contributed by atoms with Crippen molar-refractivity contribution >= 4 is 24.2 Å². The fourth-order valence-electron chi connectivity index (χ4n) is 4.49. The predicted octanol–water partition coefficient (Wildman–Crippen LogP) is 2.05. The van der Waals surface area contributed by atoms with Crippen molar-refractivity contribution in [1.82, 2.24) is 15.1 Å². The first kappa shape index (κ1) is 19.5. The molecule has 1 unspecified atom stereocenters. The van der Waals surface area contributed by atoms with Crippen LogP contribution in [-0.2, 0) is 9.59 Å². The van der Waals surface area contributed by atoms with Crippen LogP contribution in [0.3, 0.4) is 0 Å². The van der Waals surface area contributed by atoms with Crippen molar-refractivity contribution < 1.29 is 9.59 Å². The summed E-state index contributed by atoms with van der Waals surface area (Å²) in [6, 6.07) is -0.195. The first-order chi connectivity index (χ1) is 11.2. The maximum absolute atomic E-state index is 13.1. The fourth-order valence-corrected chi connectivity index (χ4v) is 4.49. The maximum Gasteiger partial charge on any atom is 0.245 e. The van der Waals surface area contributed by atoms with Crippen LogP contribution in [0.15, 0.2) is 0 Å². The van der Waals surface area contributed by atoms with Crippen LogP contribution in [0.2, 0.25) is 0 Å². The van der Waals surface area contributed by atoms with Crippen molar-refractivity contribution in [3.8, 4) is 0 Å². The van der Waals surface area contributed by atoms with Crippen molar-refractivity contribution in [2.24, 2.45) is 11.8 Å². The molecule has 138 valence electrons. The van der Waals surface area contributed by atoms with E-state index in [1.807, 2.05) is 11.8 Å². The molecule has 0 bridgehead atoms. The van der Waals surface area contributed by atoms with Gasteiger partial charge in [-0.15, -0.1) is 12.4 Å². The van der Waals surface area contributed by atoms with Crippen LogP contribution in [-0.4, -0.2) is 60.4 Å². The van der Waals surface area contributed by atoms with Gasteiger partial charge in [0, 0.05) is 26.1 Å². The summed E-state index contributed by atoms with van der Waals surface area (Å²) >= 11 is 0. The van der Waals surface area contributed by atoms with Gasteiger partial charge in [0.2, 0.25) is 11.8 Å². The maximum atomic E-state index is 13.1. The molecule has 24 heavy (non-hydrogen) atoms. The first-order valence-corrected chi connectivity index (χ1v) is 9.49. The predicted molar refractivity (Wildman–Crippen MR) is 97.2 cm³/mol. The highest BCUT2D eigenvalue weighted by Crippen LogP contribution is 2.28. The third kappa shape index (κ3) is 4.23. The van der Waals surface area contributed by atoms with Crippen molar-refractivity contribution in [1.29, 1.82) is 0 Å². The largest absolute Gasteiger partial charge is 0.341 e. The summed E-state index contributed by atoms with van der Waals surface area (Å²) in [5.74, 6) is 1.84. The Morgan fingerprint density at radius 2 is 1.67 bits per heavy atom. The number of halogens is 1. The zero-order chi connectivity index (χ0) is 16.2. The number of fused-ring (bicyclic) bond motifs is 1. The molecular formula is C18H32ClN3O2. The number of carbonyl (C=O) groups excluding carboxylic acids is 2. The average Bonchev–Trinajstić information content (AvgIpc) is 2.93. The Kier molecular flexibility index (Phi) is 7.35. The highest BCUT2D eigenvalue weighted by Gasteiger charge is 2.37. The molecule has 0 saturated carbocycles. The summed E-state index contributed by atoms with van der Waals surface area (Å²) in [5.41, 5.74) is 0. The van der Waals surface area contributed by atoms with E-state index in [1.54, 1.807) is 0 Å². The standard InChI is InChI=1S/C18H31N3O2.ClH/c1-2-5-17(22)21-9-4-3-6-16(21)18(23)20-10-7-14-12-19-13-15(14)8-11-20;/h14-16,19H,2-13H2,1H3;1H/t14-,15+,16?;. The molecule has 0 aromatic carbocycles. The number of hydrogen-bond acceptors (Lipinski definition) is 3. The van der Waals surface area contributed by atoms with Crippen molar-refractivity contribution in [3.63, 3.8) is 0 Å². The number of nitrogens with zero attached hydrogens (tertiary/aromatic N) is 2. The second-order valence-corrected chi connectivity index (χ2v) is 7.43. The third-order valence-electron chi connectivity index (χ3n) is 5.90. The van der Waals surface area contributed by atoms with Crippen LogP contribution in [0.25, 0.3) is 0 Å². The number of likely N-dealkylation sites (tertiary alicyclic amines) is 2. The fraction of sp³-hybridized carbons (Fsp3) is 0.889. The summed E-state index contributed by atoms with van der Waals surface area (Å²) in [7, 11) is 0. The molecule has 2 amide bonds. The molecule has 3 aliphatic rings. The lowest BCUT2D eigenvalue weighted by Gasteiger charge is -2.37. The van der Waals surface area contributed by atoms with E-state index < -0.39 is 0 Å². The minimum atomic E-state index is -0.195. The molecule has 6 heteroatoms. The Balaban J connectivity index is 0.00000208. The Labute approximate surface area is 151 Å². The van der Waals surface area contributed by atoms with E-state index in [9.17, 15) is 9.59 Å². The highest BCUT2D eigenvalue weighted by atomic mass is 35.5. The lowest BCUT2D eigenvalue weighted by molar-refractivity contribution is -0.147. The minimum absolute atomic E-state index is 0. The van der Waals surface area contributed by atoms with Gasteiger partial charge in [-0.05, 0) is 63.5 Å². The van der Waals surface area contributed by atoms with Gasteiger partial charge in [0.25, 0.3) is 0 Å². The SMILES string of the molecule is CCCC(=O)N1CCCCC1C(=O)N1CC[C@@H]2CNC[C@@H]2CC1.Cl. The van der Waals surface area contributed by atoms with Crippen molar-refractivity contribution in [2.45, 2.75) is 57.9 Å². The van der Waals surface area contributed by atoms with Gasteiger partial charge in [0.05, 0.1) is 0 Å². The van der Waals surface area contributed by atoms with Gasteiger partial charge < -0.3 is 15.1 Å². The Morgan fingerprint density at radius 1 is 1.00 bits per heavy atom. The first-order valence-electron chi connectivity index (χ1n) is 9.49. The second kappa shape index (κ2) is 9.04. The van der Waals surface area contributed by atoms with E-state index in [4.69, 9.17) is 0 Å². The van der Waals surface area contributed by atoms with Crippen molar-refractivity contribution in [2.75, 3.05) is 32.7 Å². The van der Waals surface area contributed by atoms with E-state index in [-0.39, 0.29) is 30.3 Å². The van der Waals surface area contributed by atoms with Gasteiger partial charge >= 0.3 is 0 Å². The van der Waals surface area contributed by atoms with Gasteiger partial charge in [-0.2, -0.15) is 0 Å². The van der Waals surface area contributed by atoms with E-state index in [0.717, 1.165) is 83.1 Å². The summed E-state index contributed by atoms with van der Waals surface area (Å²) in [4.78, 5) is 29.4. The normalized spacial score (nSPS) is 30.3. The summed E-state index contributed by atoms with van der Waals surface area (Å²) in [6.45, 7) is 6.75. The third-order valence-corrected chi connectivity index (χ3v) is 5.90. The van der Waals surface area contributed by atoms with E-state index in [1.165, 1.54) is 0 Å². The van der Waals surface area contributed by atoms with Gasteiger partial charge in [0.1, 0.15) is 6.04 Å². The number of amides is 2. The van der Waals surface area contributed by atoms with Crippen molar-refractivity contribution in [3.05, 3.63) is 0 Å². The van der Waals surface area contributed by atoms with Crippen LogP contribution < -0.4 is 5.32 Å². The van der Waals surface area contributed by atoms with Crippen LogP contribution in [0.1, 0.15) is 51.9 Å².